The molecule has 1 nitrogen and oxygen atoms in total. The summed E-state index contributed by atoms with van der Waals surface area (Å²) in [4.78, 5) is 1.54. The Kier molecular flexibility index (Phi) is 4.18. The number of benzene rings is 1. The van der Waals surface area contributed by atoms with Gasteiger partial charge in [0.1, 0.15) is 0 Å². The molecule has 1 N–H and O–H groups in total. The third-order valence-electron chi connectivity index (χ3n) is 4.00. The first-order chi connectivity index (χ1) is 9.65. The Balaban J connectivity index is 1.89. The van der Waals surface area contributed by atoms with Crippen molar-refractivity contribution in [3.63, 3.8) is 0 Å². The van der Waals surface area contributed by atoms with E-state index in [0.29, 0.717) is 12.0 Å². The van der Waals surface area contributed by atoms with Crippen molar-refractivity contribution in [2.24, 2.45) is 0 Å². The van der Waals surface area contributed by atoms with E-state index in [0.717, 1.165) is 0 Å². The fourth-order valence-corrected chi connectivity index (χ4v) is 4.81. The fraction of sp³-hybridized carbons (Fsp3) is 0.412. The van der Waals surface area contributed by atoms with E-state index in [2.05, 4.69) is 65.4 Å². The van der Waals surface area contributed by atoms with E-state index in [1.54, 1.807) is 4.88 Å². The van der Waals surface area contributed by atoms with Crippen molar-refractivity contribution in [3.05, 3.63) is 50.1 Å². The van der Waals surface area contributed by atoms with Crippen LogP contribution in [0.4, 0.5) is 5.69 Å². The SMILES string of the molecule is CC(C)c1ccccc1NC1CCCc2sc(Br)cc21. The quantitative estimate of drug-likeness (QED) is 0.703. The molecule has 1 aromatic heterocycles. The Bertz CT molecular complexity index is 603. The monoisotopic (exact) mass is 349 g/mol. The van der Waals surface area contributed by atoms with E-state index in [1.807, 2.05) is 11.3 Å². The number of para-hydroxylation sites is 1. The molecule has 1 aliphatic rings. The third kappa shape index (κ3) is 2.79. The molecule has 0 aliphatic heterocycles. The highest BCUT2D eigenvalue weighted by Crippen LogP contribution is 2.40. The van der Waals surface area contributed by atoms with E-state index < -0.39 is 0 Å². The first-order valence-electron chi connectivity index (χ1n) is 7.28. The number of hydrogen-bond acceptors (Lipinski definition) is 2. The molecular weight excluding hydrogens is 330 g/mol. The van der Waals surface area contributed by atoms with Gasteiger partial charge in [-0.15, -0.1) is 11.3 Å². The van der Waals surface area contributed by atoms with Crippen LogP contribution in [0.1, 0.15) is 54.7 Å². The van der Waals surface area contributed by atoms with Crippen LogP contribution in [0.25, 0.3) is 0 Å². The predicted molar refractivity (Wildman–Crippen MR) is 91.9 cm³/mol. The summed E-state index contributed by atoms with van der Waals surface area (Å²) in [6.45, 7) is 4.52. The summed E-state index contributed by atoms with van der Waals surface area (Å²) < 4.78 is 1.26. The molecule has 106 valence electrons. The smallest absolute Gasteiger partial charge is 0.0705 e. The second kappa shape index (κ2) is 5.90. The summed E-state index contributed by atoms with van der Waals surface area (Å²) in [6.07, 6.45) is 3.74. The lowest BCUT2D eigenvalue weighted by atomic mass is 9.93. The van der Waals surface area contributed by atoms with E-state index in [-0.39, 0.29) is 0 Å². The highest BCUT2D eigenvalue weighted by molar-refractivity contribution is 9.11. The molecule has 0 fully saturated rings. The average molecular weight is 350 g/mol. The molecule has 0 bridgehead atoms. The number of nitrogens with one attached hydrogen (secondary N) is 1. The first kappa shape index (κ1) is 14.2. The van der Waals surface area contributed by atoms with Gasteiger partial charge in [-0.2, -0.15) is 0 Å². The van der Waals surface area contributed by atoms with Crippen molar-refractivity contribution in [1.82, 2.24) is 0 Å². The molecule has 1 atom stereocenters. The van der Waals surface area contributed by atoms with Crippen molar-refractivity contribution in [1.29, 1.82) is 0 Å². The molecule has 3 heteroatoms. The maximum absolute atomic E-state index is 3.79. The molecule has 0 spiro atoms. The van der Waals surface area contributed by atoms with Gasteiger partial charge in [0.05, 0.1) is 9.83 Å². The third-order valence-corrected chi connectivity index (χ3v) is 5.71. The molecule has 0 amide bonds. The second-order valence-electron chi connectivity index (χ2n) is 5.76. The Hall–Kier alpha value is -0.800. The standard InChI is InChI=1S/C17H20BrNS/c1-11(2)12-6-3-4-7-14(12)19-15-8-5-9-16-13(15)10-17(18)20-16/h3-4,6-7,10-11,15,19H,5,8-9H2,1-2H3. The van der Waals surface area contributed by atoms with Gasteiger partial charge in [0, 0.05) is 10.6 Å². The van der Waals surface area contributed by atoms with Gasteiger partial charge in [0.15, 0.2) is 0 Å². The number of thiophene rings is 1. The van der Waals surface area contributed by atoms with Gasteiger partial charge in [-0.25, -0.2) is 0 Å². The van der Waals surface area contributed by atoms with Gasteiger partial charge >= 0.3 is 0 Å². The van der Waals surface area contributed by atoms with Crippen LogP contribution in [-0.4, -0.2) is 0 Å². The van der Waals surface area contributed by atoms with Crippen molar-refractivity contribution in [2.45, 2.75) is 45.1 Å². The number of rotatable bonds is 3. The minimum Gasteiger partial charge on any atom is -0.378 e. The molecule has 2 aromatic rings. The summed E-state index contributed by atoms with van der Waals surface area (Å²) in [5.74, 6) is 0.552. The number of halogens is 1. The molecule has 0 radical (unpaired) electrons. The lowest BCUT2D eigenvalue weighted by molar-refractivity contribution is 0.607. The Labute approximate surface area is 133 Å². The largest absolute Gasteiger partial charge is 0.378 e. The highest BCUT2D eigenvalue weighted by Gasteiger charge is 2.23. The van der Waals surface area contributed by atoms with Crippen LogP contribution in [0.5, 0.6) is 0 Å². The summed E-state index contributed by atoms with van der Waals surface area (Å²) in [7, 11) is 0. The zero-order valence-electron chi connectivity index (χ0n) is 11.9. The highest BCUT2D eigenvalue weighted by atomic mass is 79.9. The molecular formula is C17H20BrNS. The molecule has 1 aliphatic carbocycles. The van der Waals surface area contributed by atoms with Gasteiger partial charge in [0.25, 0.3) is 0 Å². The topological polar surface area (TPSA) is 12.0 Å². The van der Waals surface area contributed by atoms with Gasteiger partial charge in [0.2, 0.25) is 0 Å². The lowest BCUT2D eigenvalue weighted by Gasteiger charge is -2.26. The van der Waals surface area contributed by atoms with Crippen LogP contribution in [0.15, 0.2) is 34.1 Å². The van der Waals surface area contributed by atoms with E-state index in [4.69, 9.17) is 0 Å². The summed E-state index contributed by atoms with van der Waals surface area (Å²) >= 11 is 5.53. The number of fused-ring (bicyclic) bond motifs is 1. The van der Waals surface area contributed by atoms with Crippen molar-refractivity contribution < 1.29 is 0 Å². The van der Waals surface area contributed by atoms with Gasteiger partial charge < -0.3 is 5.32 Å². The zero-order chi connectivity index (χ0) is 14.1. The number of aryl methyl sites for hydroxylation is 1. The molecule has 0 saturated carbocycles. The van der Waals surface area contributed by atoms with Gasteiger partial charge in [-0.1, -0.05) is 32.0 Å². The molecule has 20 heavy (non-hydrogen) atoms. The maximum Gasteiger partial charge on any atom is 0.0705 e. The van der Waals surface area contributed by atoms with Crippen LogP contribution < -0.4 is 5.32 Å². The Morgan fingerprint density at radius 2 is 2.10 bits per heavy atom. The summed E-state index contributed by atoms with van der Waals surface area (Å²) in [5.41, 5.74) is 4.20. The Morgan fingerprint density at radius 1 is 1.30 bits per heavy atom. The predicted octanol–water partition coefficient (Wildman–Crippen LogP) is 6.12. The maximum atomic E-state index is 3.79. The van der Waals surface area contributed by atoms with Crippen molar-refractivity contribution >= 4 is 33.0 Å². The Morgan fingerprint density at radius 3 is 2.90 bits per heavy atom. The normalized spacial score (nSPS) is 18.1. The van der Waals surface area contributed by atoms with Gasteiger partial charge in [-0.05, 0) is 64.4 Å². The lowest BCUT2D eigenvalue weighted by Crippen LogP contribution is -2.16. The van der Waals surface area contributed by atoms with E-state index in [1.165, 1.54) is 39.9 Å². The summed E-state index contributed by atoms with van der Waals surface area (Å²) in [6, 6.07) is 11.5. The van der Waals surface area contributed by atoms with Crippen molar-refractivity contribution in [2.75, 3.05) is 5.32 Å². The van der Waals surface area contributed by atoms with E-state index >= 15 is 0 Å². The van der Waals surface area contributed by atoms with Crippen LogP contribution in [0, 0.1) is 0 Å². The van der Waals surface area contributed by atoms with Crippen LogP contribution in [-0.2, 0) is 6.42 Å². The minimum atomic E-state index is 0.459. The number of anilines is 1. The molecule has 1 aromatic carbocycles. The molecule has 3 rings (SSSR count). The van der Waals surface area contributed by atoms with E-state index in [9.17, 15) is 0 Å². The fourth-order valence-electron chi connectivity index (χ4n) is 2.99. The van der Waals surface area contributed by atoms with Crippen molar-refractivity contribution in [3.8, 4) is 0 Å². The second-order valence-corrected chi connectivity index (χ2v) is 8.28. The zero-order valence-corrected chi connectivity index (χ0v) is 14.4. The van der Waals surface area contributed by atoms with Gasteiger partial charge in [-0.3, -0.25) is 0 Å². The van der Waals surface area contributed by atoms with Crippen LogP contribution >= 0.6 is 27.3 Å². The average Bonchev–Trinajstić information content (AvgIpc) is 2.80. The molecule has 1 heterocycles. The molecule has 1 unspecified atom stereocenters. The molecule has 0 saturated heterocycles. The summed E-state index contributed by atoms with van der Waals surface area (Å²) in [5, 5.41) is 3.79. The minimum absolute atomic E-state index is 0.459. The van der Waals surface area contributed by atoms with Crippen LogP contribution in [0.2, 0.25) is 0 Å². The number of hydrogen-bond donors (Lipinski definition) is 1. The first-order valence-corrected chi connectivity index (χ1v) is 8.89. The van der Waals surface area contributed by atoms with Crippen LogP contribution in [0.3, 0.4) is 0 Å².